The second kappa shape index (κ2) is 10.1. The van der Waals surface area contributed by atoms with Gasteiger partial charge in [-0.25, -0.2) is 13.1 Å². The van der Waals surface area contributed by atoms with Crippen LogP contribution in [0.2, 0.25) is 10.0 Å². The van der Waals surface area contributed by atoms with Crippen molar-refractivity contribution in [2.45, 2.75) is 10.9 Å². The number of hydrogen-bond acceptors (Lipinski definition) is 4. The molecule has 5 nitrogen and oxygen atoms in total. The van der Waals surface area contributed by atoms with Crippen molar-refractivity contribution in [3.8, 4) is 0 Å². The van der Waals surface area contributed by atoms with Crippen molar-refractivity contribution >= 4 is 45.6 Å². The minimum Gasteiger partial charge on any atom is -0.379 e. The second-order valence-electron chi connectivity index (χ2n) is 6.10. The highest BCUT2D eigenvalue weighted by atomic mass is 35.5. The standard InChI is InChI=1S/C18H20Cl2N2O3S.ClH/c19-15-10-16(20)12-17(11-15)26(23,24)21-18(14-4-2-1-3-5-14)13-22-6-8-25-9-7-22;/h1-5,10-12,18,21H,6-9,13H2;1H. The highest BCUT2D eigenvalue weighted by Gasteiger charge is 2.25. The number of nitrogens with one attached hydrogen (secondary N) is 1. The predicted molar refractivity (Wildman–Crippen MR) is 110 cm³/mol. The van der Waals surface area contributed by atoms with Crippen LogP contribution in [0.3, 0.4) is 0 Å². The largest absolute Gasteiger partial charge is 0.379 e. The normalized spacial score (nSPS) is 16.5. The zero-order valence-electron chi connectivity index (χ0n) is 14.5. The Hall–Kier alpha value is -0.860. The van der Waals surface area contributed by atoms with Crippen LogP contribution in [0.15, 0.2) is 53.4 Å². The molecular weight excluding hydrogens is 431 g/mol. The van der Waals surface area contributed by atoms with E-state index in [0.29, 0.717) is 19.8 Å². The van der Waals surface area contributed by atoms with Crippen LogP contribution >= 0.6 is 35.6 Å². The number of halogens is 3. The van der Waals surface area contributed by atoms with Gasteiger partial charge in [0.1, 0.15) is 0 Å². The molecule has 0 saturated carbocycles. The molecule has 2 aromatic carbocycles. The van der Waals surface area contributed by atoms with E-state index in [2.05, 4.69) is 9.62 Å². The quantitative estimate of drug-likeness (QED) is 0.726. The summed E-state index contributed by atoms with van der Waals surface area (Å²) in [6, 6.07) is 13.4. The van der Waals surface area contributed by atoms with Gasteiger partial charge in [-0.15, -0.1) is 12.4 Å². The van der Waals surface area contributed by atoms with Crippen molar-refractivity contribution < 1.29 is 13.2 Å². The average Bonchev–Trinajstić information content (AvgIpc) is 2.62. The number of ether oxygens (including phenoxy) is 1. The van der Waals surface area contributed by atoms with E-state index >= 15 is 0 Å². The summed E-state index contributed by atoms with van der Waals surface area (Å²) in [7, 11) is -3.78. The molecule has 1 saturated heterocycles. The maximum absolute atomic E-state index is 12.9. The first-order valence-corrected chi connectivity index (χ1v) is 10.5. The van der Waals surface area contributed by atoms with E-state index in [1.165, 1.54) is 18.2 Å². The van der Waals surface area contributed by atoms with Crippen LogP contribution in [0.4, 0.5) is 0 Å². The summed E-state index contributed by atoms with van der Waals surface area (Å²) >= 11 is 11.9. The van der Waals surface area contributed by atoms with E-state index in [1.807, 2.05) is 30.3 Å². The molecule has 1 heterocycles. The van der Waals surface area contributed by atoms with E-state index < -0.39 is 16.1 Å². The molecule has 1 unspecified atom stereocenters. The Morgan fingerprint density at radius 1 is 1.04 bits per heavy atom. The van der Waals surface area contributed by atoms with Gasteiger partial charge in [0.05, 0.1) is 24.2 Å². The molecule has 1 aliphatic rings. The first-order valence-electron chi connectivity index (χ1n) is 8.27. The fourth-order valence-corrected chi connectivity index (χ4v) is 4.82. The molecule has 1 aliphatic heterocycles. The monoisotopic (exact) mass is 450 g/mol. The van der Waals surface area contributed by atoms with Crippen molar-refractivity contribution in [1.29, 1.82) is 0 Å². The lowest BCUT2D eigenvalue weighted by Crippen LogP contribution is -2.43. The zero-order chi connectivity index (χ0) is 18.6. The van der Waals surface area contributed by atoms with Gasteiger partial charge in [-0.1, -0.05) is 53.5 Å². The molecule has 9 heteroatoms. The van der Waals surface area contributed by atoms with Crippen LogP contribution in [0.25, 0.3) is 0 Å². The number of hydrogen-bond donors (Lipinski definition) is 1. The van der Waals surface area contributed by atoms with Crippen molar-refractivity contribution in [2.75, 3.05) is 32.8 Å². The molecule has 0 radical (unpaired) electrons. The van der Waals surface area contributed by atoms with Crippen LogP contribution in [0.5, 0.6) is 0 Å². The van der Waals surface area contributed by atoms with Crippen LogP contribution in [0.1, 0.15) is 11.6 Å². The predicted octanol–water partition coefficient (Wildman–Crippen LogP) is 3.77. The molecule has 0 amide bonds. The Kier molecular flexibility index (Phi) is 8.37. The summed E-state index contributed by atoms with van der Waals surface area (Å²) in [5.74, 6) is 0. The summed E-state index contributed by atoms with van der Waals surface area (Å²) in [6.07, 6.45) is 0. The lowest BCUT2D eigenvalue weighted by atomic mass is 10.1. The van der Waals surface area contributed by atoms with E-state index in [4.69, 9.17) is 27.9 Å². The number of benzene rings is 2. The number of nitrogens with zero attached hydrogens (tertiary/aromatic N) is 1. The molecule has 2 aromatic rings. The van der Waals surface area contributed by atoms with E-state index in [1.54, 1.807) is 0 Å². The first-order chi connectivity index (χ1) is 12.4. The molecule has 0 aliphatic carbocycles. The van der Waals surface area contributed by atoms with Gasteiger partial charge in [-0.2, -0.15) is 0 Å². The van der Waals surface area contributed by atoms with Gasteiger partial charge in [-0.3, -0.25) is 4.90 Å². The third-order valence-electron chi connectivity index (χ3n) is 4.19. The summed E-state index contributed by atoms with van der Waals surface area (Å²) in [5.41, 5.74) is 0.899. The maximum atomic E-state index is 12.9. The summed E-state index contributed by atoms with van der Waals surface area (Å²) in [6.45, 7) is 3.40. The van der Waals surface area contributed by atoms with Gasteiger partial charge in [-0.05, 0) is 23.8 Å². The Bertz CT molecular complexity index is 824. The van der Waals surface area contributed by atoms with Gasteiger partial charge in [0.15, 0.2) is 0 Å². The van der Waals surface area contributed by atoms with E-state index in [-0.39, 0.29) is 27.3 Å². The minimum atomic E-state index is -3.78. The molecule has 3 rings (SSSR count). The number of sulfonamides is 1. The average molecular weight is 452 g/mol. The molecular formula is C18H21Cl3N2O3S. The van der Waals surface area contributed by atoms with Gasteiger partial charge < -0.3 is 4.74 Å². The topological polar surface area (TPSA) is 58.6 Å². The molecule has 0 spiro atoms. The van der Waals surface area contributed by atoms with Gasteiger partial charge >= 0.3 is 0 Å². The lowest BCUT2D eigenvalue weighted by molar-refractivity contribution is 0.0345. The molecule has 1 atom stereocenters. The van der Waals surface area contributed by atoms with Crippen molar-refractivity contribution in [3.05, 3.63) is 64.1 Å². The Balaban J connectivity index is 0.00000261. The van der Waals surface area contributed by atoms with Crippen LogP contribution in [-0.4, -0.2) is 46.2 Å². The SMILES string of the molecule is Cl.O=S(=O)(NC(CN1CCOCC1)c1ccccc1)c1cc(Cl)cc(Cl)c1. The first kappa shape index (κ1) is 22.4. The fourth-order valence-electron chi connectivity index (χ4n) is 2.88. The number of morpholine rings is 1. The molecule has 0 aromatic heterocycles. The van der Waals surface area contributed by atoms with E-state index in [0.717, 1.165) is 18.7 Å². The molecule has 1 N–H and O–H groups in total. The smallest absolute Gasteiger partial charge is 0.241 e. The zero-order valence-corrected chi connectivity index (χ0v) is 17.6. The molecule has 1 fully saturated rings. The number of rotatable bonds is 6. The van der Waals surface area contributed by atoms with Crippen LogP contribution in [0, 0.1) is 0 Å². The van der Waals surface area contributed by atoms with E-state index in [9.17, 15) is 8.42 Å². The summed E-state index contributed by atoms with van der Waals surface area (Å²) in [5, 5.41) is 0.560. The van der Waals surface area contributed by atoms with Gasteiger partial charge in [0.2, 0.25) is 10.0 Å². The molecule has 0 bridgehead atoms. The van der Waals surface area contributed by atoms with Gasteiger partial charge in [0.25, 0.3) is 0 Å². The van der Waals surface area contributed by atoms with Crippen molar-refractivity contribution in [3.63, 3.8) is 0 Å². The van der Waals surface area contributed by atoms with Gasteiger partial charge in [0, 0.05) is 29.7 Å². The van der Waals surface area contributed by atoms with Crippen molar-refractivity contribution in [1.82, 2.24) is 9.62 Å². The van der Waals surface area contributed by atoms with Crippen LogP contribution in [-0.2, 0) is 14.8 Å². The molecule has 148 valence electrons. The second-order valence-corrected chi connectivity index (χ2v) is 8.69. The minimum absolute atomic E-state index is 0. The Morgan fingerprint density at radius 2 is 1.63 bits per heavy atom. The summed E-state index contributed by atoms with van der Waals surface area (Å²) in [4.78, 5) is 2.24. The van der Waals surface area contributed by atoms with Crippen LogP contribution < -0.4 is 4.72 Å². The third-order valence-corrected chi connectivity index (χ3v) is 6.08. The lowest BCUT2D eigenvalue weighted by Gasteiger charge is -2.31. The Morgan fingerprint density at radius 3 is 2.22 bits per heavy atom. The fraction of sp³-hybridized carbons (Fsp3) is 0.333. The molecule has 27 heavy (non-hydrogen) atoms. The Labute approximate surface area is 176 Å². The third kappa shape index (κ3) is 6.32. The summed E-state index contributed by atoms with van der Waals surface area (Å²) < 4.78 is 34.0. The highest BCUT2D eigenvalue weighted by molar-refractivity contribution is 7.89. The maximum Gasteiger partial charge on any atom is 0.241 e. The van der Waals surface area contributed by atoms with Crippen molar-refractivity contribution in [2.24, 2.45) is 0 Å². The highest BCUT2D eigenvalue weighted by Crippen LogP contribution is 2.24.